The van der Waals surface area contributed by atoms with Crippen molar-refractivity contribution in [2.75, 3.05) is 0 Å². The first-order valence-electron chi connectivity index (χ1n) is 5.14. The summed E-state index contributed by atoms with van der Waals surface area (Å²) in [5, 5.41) is 0.812. The molecule has 0 spiro atoms. The third kappa shape index (κ3) is 2.31. The third-order valence-corrected chi connectivity index (χ3v) is 3.48. The lowest BCUT2D eigenvalue weighted by molar-refractivity contribution is -0.141. The second kappa shape index (κ2) is 4.67. The molecular formula is C12H10Cl2O3. The predicted molar refractivity (Wildman–Crippen MR) is 64.1 cm³/mol. The minimum absolute atomic E-state index is 0.0849. The number of ketones is 1. The summed E-state index contributed by atoms with van der Waals surface area (Å²) in [7, 11) is 0. The van der Waals surface area contributed by atoms with Crippen molar-refractivity contribution in [3.05, 3.63) is 33.8 Å². The van der Waals surface area contributed by atoms with E-state index < -0.39 is 18.0 Å². The van der Waals surface area contributed by atoms with Crippen molar-refractivity contribution in [1.82, 2.24) is 0 Å². The summed E-state index contributed by atoms with van der Waals surface area (Å²) >= 11 is 12.1. The van der Waals surface area contributed by atoms with Gasteiger partial charge >= 0.3 is 5.97 Å². The fourth-order valence-electron chi connectivity index (χ4n) is 1.96. The lowest BCUT2D eigenvalue weighted by Gasteiger charge is -2.18. The van der Waals surface area contributed by atoms with Crippen LogP contribution in [0, 0.1) is 5.92 Å². The maximum atomic E-state index is 11.5. The Morgan fingerprint density at radius 3 is 2.47 bits per heavy atom. The van der Waals surface area contributed by atoms with E-state index in [9.17, 15) is 9.59 Å². The van der Waals surface area contributed by atoms with Gasteiger partial charge in [-0.05, 0) is 19.1 Å². The zero-order chi connectivity index (χ0) is 12.6. The van der Waals surface area contributed by atoms with E-state index in [0.29, 0.717) is 15.6 Å². The molecule has 17 heavy (non-hydrogen) atoms. The molecule has 1 fully saturated rings. The normalized spacial score (nSPS) is 23.6. The molecule has 3 nitrogen and oxygen atoms in total. The molecule has 0 aromatic heterocycles. The van der Waals surface area contributed by atoms with Gasteiger partial charge in [0.2, 0.25) is 0 Å². The molecule has 2 atom stereocenters. The number of halogens is 2. The fraction of sp³-hybridized carbons (Fsp3) is 0.333. The van der Waals surface area contributed by atoms with Gasteiger partial charge in [-0.15, -0.1) is 0 Å². The Labute approximate surface area is 109 Å². The second-order valence-electron chi connectivity index (χ2n) is 3.97. The van der Waals surface area contributed by atoms with Crippen LogP contribution < -0.4 is 0 Å². The highest BCUT2D eigenvalue weighted by molar-refractivity contribution is 6.36. The Morgan fingerprint density at radius 1 is 1.35 bits per heavy atom. The first kappa shape index (κ1) is 12.4. The van der Waals surface area contributed by atoms with Crippen LogP contribution in [0.1, 0.15) is 25.0 Å². The van der Waals surface area contributed by atoms with Gasteiger partial charge in [-0.3, -0.25) is 9.59 Å². The van der Waals surface area contributed by atoms with Crippen LogP contribution in [-0.4, -0.2) is 11.8 Å². The Kier molecular flexibility index (Phi) is 3.40. The second-order valence-corrected chi connectivity index (χ2v) is 4.78. The molecule has 2 rings (SSSR count). The number of Topliss-reactive ketones (excluding diaryl/α,β-unsaturated/α-hetero) is 1. The van der Waals surface area contributed by atoms with E-state index >= 15 is 0 Å². The maximum absolute atomic E-state index is 11.5. The highest BCUT2D eigenvalue weighted by Gasteiger charge is 2.40. The van der Waals surface area contributed by atoms with Crippen molar-refractivity contribution in [1.29, 1.82) is 0 Å². The number of rotatable bonds is 2. The first-order chi connectivity index (χ1) is 8.00. The van der Waals surface area contributed by atoms with E-state index in [0.717, 1.165) is 0 Å². The van der Waals surface area contributed by atoms with Gasteiger partial charge in [-0.25, -0.2) is 0 Å². The van der Waals surface area contributed by atoms with Crippen molar-refractivity contribution < 1.29 is 14.3 Å². The summed E-state index contributed by atoms with van der Waals surface area (Å²) in [6.07, 6.45) is -0.581. The largest absolute Gasteiger partial charge is 0.457 e. The minimum atomic E-state index is -0.666. The fourth-order valence-corrected chi connectivity index (χ4v) is 2.57. The molecule has 1 aromatic carbocycles. The van der Waals surface area contributed by atoms with E-state index in [2.05, 4.69) is 0 Å². The number of ether oxygens (including phenoxy) is 1. The Hall–Kier alpha value is -1.06. The summed E-state index contributed by atoms with van der Waals surface area (Å²) in [5.74, 6) is -0.997. The molecule has 5 heteroatoms. The van der Waals surface area contributed by atoms with E-state index in [1.807, 2.05) is 0 Å². The molecule has 0 aliphatic carbocycles. The van der Waals surface area contributed by atoms with Gasteiger partial charge < -0.3 is 4.74 Å². The minimum Gasteiger partial charge on any atom is -0.457 e. The molecule has 1 heterocycles. The molecular weight excluding hydrogens is 263 g/mol. The van der Waals surface area contributed by atoms with Crippen LogP contribution in [0.2, 0.25) is 10.0 Å². The molecule has 0 saturated carbocycles. The molecule has 1 aliphatic heterocycles. The van der Waals surface area contributed by atoms with Gasteiger partial charge in [0.1, 0.15) is 11.9 Å². The van der Waals surface area contributed by atoms with Gasteiger partial charge in [0.05, 0.1) is 12.3 Å². The number of esters is 1. The van der Waals surface area contributed by atoms with E-state index in [4.69, 9.17) is 27.9 Å². The van der Waals surface area contributed by atoms with Crippen LogP contribution in [0.15, 0.2) is 18.2 Å². The standard InChI is InChI=1S/C12H10Cl2O3/c1-6(15)7-5-10(16)17-12(7)11-8(13)3-2-4-9(11)14/h2-4,7,12H,5H2,1H3. The molecule has 1 saturated heterocycles. The topological polar surface area (TPSA) is 43.4 Å². The van der Waals surface area contributed by atoms with Crippen LogP contribution in [-0.2, 0) is 14.3 Å². The first-order valence-corrected chi connectivity index (χ1v) is 5.90. The summed E-state index contributed by atoms with van der Waals surface area (Å²) in [6, 6.07) is 5.02. The highest BCUT2D eigenvalue weighted by atomic mass is 35.5. The predicted octanol–water partition coefficient (Wildman–Crippen LogP) is 3.19. The molecule has 0 N–H and O–H groups in total. The molecule has 2 unspecified atom stereocenters. The van der Waals surface area contributed by atoms with Crippen LogP contribution >= 0.6 is 23.2 Å². The Bertz CT molecular complexity index is 464. The highest BCUT2D eigenvalue weighted by Crippen LogP contribution is 2.42. The van der Waals surface area contributed by atoms with Gasteiger partial charge in [-0.2, -0.15) is 0 Å². The van der Waals surface area contributed by atoms with Gasteiger partial charge in [0.25, 0.3) is 0 Å². The number of carbonyl (C=O) groups excluding carboxylic acids is 2. The Morgan fingerprint density at radius 2 is 1.94 bits per heavy atom. The summed E-state index contributed by atoms with van der Waals surface area (Å²) in [4.78, 5) is 22.8. The number of carbonyl (C=O) groups is 2. The molecule has 90 valence electrons. The van der Waals surface area contributed by atoms with Gasteiger partial charge in [0, 0.05) is 15.6 Å². The van der Waals surface area contributed by atoms with Crippen molar-refractivity contribution in [3.63, 3.8) is 0 Å². The van der Waals surface area contributed by atoms with Gasteiger partial charge in [0.15, 0.2) is 0 Å². The number of hydrogen-bond donors (Lipinski definition) is 0. The monoisotopic (exact) mass is 272 g/mol. The third-order valence-electron chi connectivity index (χ3n) is 2.82. The van der Waals surface area contributed by atoms with Crippen molar-refractivity contribution >= 4 is 35.0 Å². The van der Waals surface area contributed by atoms with E-state index in [1.54, 1.807) is 18.2 Å². The van der Waals surface area contributed by atoms with Crippen molar-refractivity contribution in [3.8, 4) is 0 Å². The smallest absolute Gasteiger partial charge is 0.307 e. The molecule has 1 aromatic rings. The van der Waals surface area contributed by atoms with Crippen LogP contribution in [0.3, 0.4) is 0 Å². The number of hydrogen-bond acceptors (Lipinski definition) is 3. The summed E-state index contributed by atoms with van der Waals surface area (Å²) in [5.41, 5.74) is 0.516. The lowest BCUT2D eigenvalue weighted by Crippen LogP contribution is -2.16. The van der Waals surface area contributed by atoms with Gasteiger partial charge in [-0.1, -0.05) is 29.3 Å². The molecule has 0 bridgehead atoms. The Balaban J connectivity index is 2.45. The van der Waals surface area contributed by atoms with Crippen LogP contribution in [0.25, 0.3) is 0 Å². The zero-order valence-corrected chi connectivity index (χ0v) is 10.6. The van der Waals surface area contributed by atoms with Crippen LogP contribution in [0.4, 0.5) is 0 Å². The summed E-state index contributed by atoms with van der Waals surface area (Å²) in [6.45, 7) is 1.43. The SMILES string of the molecule is CC(=O)C1CC(=O)OC1c1c(Cl)cccc1Cl. The maximum Gasteiger partial charge on any atom is 0.307 e. The molecule has 0 amide bonds. The van der Waals surface area contributed by atoms with Crippen LogP contribution in [0.5, 0.6) is 0 Å². The number of benzene rings is 1. The molecule has 1 aliphatic rings. The van der Waals surface area contributed by atoms with E-state index in [-0.39, 0.29) is 12.2 Å². The number of cyclic esters (lactones) is 1. The zero-order valence-electron chi connectivity index (χ0n) is 9.07. The van der Waals surface area contributed by atoms with Crippen molar-refractivity contribution in [2.24, 2.45) is 5.92 Å². The molecule has 0 radical (unpaired) electrons. The summed E-state index contributed by atoms with van der Waals surface area (Å²) < 4.78 is 5.15. The van der Waals surface area contributed by atoms with Crippen molar-refractivity contribution in [2.45, 2.75) is 19.4 Å². The quantitative estimate of drug-likeness (QED) is 0.777. The average molecular weight is 273 g/mol. The average Bonchev–Trinajstić information content (AvgIpc) is 2.60. The lowest BCUT2D eigenvalue weighted by atomic mass is 9.92. The van der Waals surface area contributed by atoms with E-state index in [1.165, 1.54) is 6.92 Å².